The maximum Gasteiger partial charge on any atom is 0.134 e. The molecule has 0 N–H and O–H groups in total. The predicted octanol–water partition coefficient (Wildman–Crippen LogP) is 2.03. The van der Waals surface area contributed by atoms with Gasteiger partial charge in [-0.3, -0.25) is 4.79 Å². The van der Waals surface area contributed by atoms with E-state index in [1.807, 2.05) is 17.8 Å². The summed E-state index contributed by atoms with van der Waals surface area (Å²) in [4.78, 5) is 10.8. The van der Waals surface area contributed by atoms with Crippen molar-refractivity contribution in [2.75, 3.05) is 5.75 Å². The van der Waals surface area contributed by atoms with Crippen molar-refractivity contribution < 1.29 is 4.79 Å². The van der Waals surface area contributed by atoms with Crippen molar-refractivity contribution in [3.05, 3.63) is 12.7 Å². The van der Waals surface area contributed by atoms with Crippen molar-refractivity contribution in [2.24, 2.45) is 0 Å². The van der Waals surface area contributed by atoms with E-state index in [9.17, 15) is 4.79 Å². The minimum atomic E-state index is 0.432. The second-order valence-electron chi connectivity index (χ2n) is 2.53. The third kappa shape index (κ3) is 2.18. The van der Waals surface area contributed by atoms with Crippen molar-refractivity contribution in [3.8, 4) is 0 Å². The van der Waals surface area contributed by atoms with Crippen molar-refractivity contribution in [3.63, 3.8) is 0 Å². The van der Waals surface area contributed by atoms with Crippen LogP contribution in [-0.2, 0) is 4.79 Å². The third-order valence-corrected chi connectivity index (χ3v) is 2.95. The lowest BCUT2D eigenvalue weighted by Crippen LogP contribution is -1.96. The predicted molar refractivity (Wildman–Crippen MR) is 45.3 cm³/mol. The fraction of sp³-hybridized carbons (Fsp3) is 0.625. The van der Waals surface area contributed by atoms with Gasteiger partial charge in [0.2, 0.25) is 0 Å². The van der Waals surface area contributed by atoms with Crippen LogP contribution in [0.2, 0.25) is 0 Å². The van der Waals surface area contributed by atoms with E-state index >= 15 is 0 Å². The monoisotopic (exact) mass is 156 g/mol. The number of ketones is 1. The Morgan fingerprint density at radius 3 is 3.10 bits per heavy atom. The SMILES string of the molecule is C=CCSC1CCC(=O)C1. The molecule has 0 aliphatic heterocycles. The minimum absolute atomic E-state index is 0.432. The average molecular weight is 156 g/mol. The Kier molecular flexibility index (Phi) is 3.00. The highest BCUT2D eigenvalue weighted by Crippen LogP contribution is 2.26. The summed E-state index contributed by atoms with van der Waals surface area (Å²) in [6.07, 6.45) is 4.57. The van der Waals surface area contributed by atoms with Crippen LogP contribution in [-0.4, -0.2) is 16.8 Å². The molecule has 1 rings (SSSR count). The van der Waals surface area contributed by atoms with E-state index in [0.717, 1.165) is 25.0 Å². The molecule has 0 aromatic carbocycles. The normalized spacial score (nSPS) is 25.2. The van der Waals surface area contributed by atoms with Crippen LogP contribution >= 0.6 is 11.8 Å². The Balaban J connectivity index is 2.18. The zero-order chi connectivity index (χ0) is 7.40. The molecule has 1 fully saturated rings. The van der Waals surface area contributed by atoms with E-state index in [4.69, 9.17) is 0 Å². The van der Waals surface area contributed by atoms with Crippen LogP contribution in [0.4, 0.5) is 0 Å². The third-order valence-electron chi connectivity index (χ3n) is 1.65. The highest BCUT2D eigenvalue weighted by Gasteiger charge is 2.21. The fourth-order valence-electron chi connectivity index (χ4n) is 1.13. The molecule has 0 radical (unpaired) electrons. The largest absolute Gasteiger partial charge is 0.300 e. The number of carbonyl (C=O) groups is 1. The molecule has 0 amide bonds. The molecule has 1 aliphatic rings. The molecule has 0 bridgehead atoms. The summed E-state index contributed by atoms with van der Waals surface area (Å²) in [6, 6.07) is 0. The summed E-state index contributed by atoms with van der Waals surface area (Å²) in [5.74, 6) is 1.42. The van der Waals surface area contributed by atoms with E-state index in [-0.39, 0.29) is 0 Å². The number of hydrogen-bond donors (Lipinski definition) is 0. The van der Waals surface area contributed by atoms with Crippen molar-refractivity contribution in [2.45, 2.75) is 24.5 Å². The smallest absolute Gasteiger partial charge is 0.134 e. The lowest BCUT2D eigenvalue weighted by Gasteiger charge is -2.03. The average Bonchev–Trinajstić information content (AvgIpc) is 2.31. The highest BCUT2D eigenvalue weighted by atomic mass is 32.2. The number of carbonyl (C=O) groups excluding carboxylic acids is 1. The van der Waals surface area contributed by atoms with Crippen molar-refractivity contribution in [1.82, 2.24) is 0 Å². The zero-order valence-corrected chi connectivity index (χ0v) is 6.82. The van der Waals surface area contributed by atoms with Crippen molar-refractivity contribution >= 4 is 17.5 Å². The molecular weight excluding hydrogens is 144 g/mol. The first-order valence-electron chi connectivity index (χ1n) is 3.57. The lowest BCUT2D eigenvalue weighted by molar-refractivity contribution is -0.117. The summed E-state index contributed by atoms with van der Waals surface area (Å²) in [5.41, 5.74) is 0. The van der Waals surface area contributed by atoms with E-state index in [1.165, 1.54) is 0 Å². The first kappa shape index (κ1) is 7.86. The molecule has 1 unspecified atom stereocenters. The summed E-state index contributed by atoms with van der Waals surface area (Å²) in [7, 11) is 0. The van der Waals surface area contributed by atoms with Gasteiger partial charge in [0.05, 0.1) is 0 Å². The molecule has 0 spiro atoms. The quantitative estimate of drug-likeness (QED) is 0.581. The molecule has 0 aromatic rings. The van der Waals surface area contributed by atoms with E-state index in [2.05, 4.69) is 6.58 Å². The Morgan fingerprint density at radius 1 is 1.80 bits per heavy atom. The van der Waals surface area contributed by atoms with Crippen LogP contribution in [0.3, 0.4) is 0 Å². The van der Waals surface area contributed by atoms with E-state index in [0.29, 0.717) is 11.0 Å². The van der Waals surface area contributed by atoms with Gasteiger partial charge in [0.25, 0.3) is 0 Å². The molecule has 2 heteroatoms. The summed E-state index contributed by atoms with van der Waals surface area (Å²) < 4.78 is 0. The van der Waals surface area contributed by atoms with E-state index in [1.54, 1.807) is 0 Å². The Bertz CT molecular complexity index is 142. The number of rotatable bonds is 3. The molecule has 1 saturated carbocycles. The van der Waals surface area contributed by atoms with Gasteiger partial charge >= 0.3 is 0 Å². The van der Waals surface area contributed by atoms with Gasteiger partial charge in [-0.2, -0.15) is 11.8 Å². The molecule has 10 heavy (non-hydrogen) atoms. The first-order valence-corrected chi connectivity index (χ1v) is 4.62. The second kappa shape index (κ2) is 3.81. The summed E-state index contributed by atoms with van der Waals surface area (Å²) >= 11 is 1.85. The van der Waals surface area contributed by atoms with Gasteiger partial charge in [-0.25, -0.2) is 0 Å². The van der Waals surface area contributed by atoms with Gasteiger partial charge in [-0.15, -0.1) is 6.58 Å². The number of Topliss-reactive ketones (excluding diaryl/α,β-unsaturated/α-hetero) is 1. The number of thioether (sulfide) groups is 1. The number of hydrogen-bond acceptors (Lipinski definition) is 2. The molecule has 1 nitrogen and oxygen atoms in total. The molecule has 1 atom stereocenters. The Hall–Kier alpha value is -0.240. The fourth-order valence-corrected chi connectivity index (χ4v) is 2.12. The van der Waals surface area contributed by atoms with E-state index < -0.39 is 0 Å². The van der Waals surface area contributed by atoms with Crippen LogP contribution in [0.15, 0.2) is 12.7 Å². The van der Waals surface area contributed by atoms with Crippen LogP contribution < -0.4 is 0 Å². The van der Waals surface area contributed by atoms with Gasteiger partial charge in [0.15, 0.2) is 0 Å². The van der Waals surface area contributed by atoms with Crippen LogP contribution in [0.5, 0.6) is 0 Å². The summed E-state index contributed by atoms with van der Waals surface area (Å²) in [5, 5.41) is 0.588. The maximum atomic E-state index is 10.8. The zero-order valence-electron chi connectivity index (χ0n) is 6.01. The van der Waals surface area contributed by atoms with Gasteiger partial charge in [0, 0.05) is 23.8 Å². The molecule has 56 valence electrons. The first-order chi connectivity index (χ1) is 4.83. The van der Waals surface area contributed by atoms with Gasteiger partial charge in [-0.1, -0.05) is 6.08 Å². The molecular formula is C8H12OS. The summed E-state index contributed by atoms with van der Waals surface area (Å²) in [6.45, 7) is 3.63. The molecule has 1 aliphatic carbocycles. The van der Waals surface area contributed by atoms with Crippen molar-refractivity contribution in [1.29, 1.82) is 0 Å². The second-order valence-corrected chi connectivity index (χ2v) is 3.86. The Morgan fingerprint density at radius 2 is 2.60 bits per heavy atom. The topological polar surface area (TPSA) is 17.1 Å². The standard InChI is InChI=1S/C8H12OS/c1-2-5-10-8-4-3-7(9)6-8/h2,8H,1,3-6H2. The maximum absolute atomic E-state index is 10.8. The van der Waals surface area contributed by atoms with Gasteiger partial charge in [0.1, 0.15) is 5.78 Å². The van der Waals surface area contributed by atoms with Crippen LogP contribution in [0, 0.1) is 0 Å². The highest BCUT2D eigenvalue weighted by molar-refractivity contribution is 8.00. The van der Waals surface area contributed by atoms with Gasteiger partial charge < -0.3 is 0 Å². The Labute approximate surface area is 65.9 Å². The molecule has 0 heterocycles. The lowest BCUT2D eigenvalue weighted by atomic mass is 10.4. The van der Waals surface area contributed by atoms with Gasteiger partial charge in [-0.05, 0) is 6.42 Å². The van der Waals surface area contributed by atoms with Crippen LogP contribution in [0.25, 0.3) is 0 Å². The molecule has 0 saturated heterocycles. The van der Waals surface area contributed by atoms with Crippen LogP contribution in [0.1, 0.15) is 19.3 Å². The minimum Gasteiger partial charge on any atom is -0.300 e. The molecule has 0 aromatic heterocycles.